The van der Waals surface area contributed by atoms with Crippen LogP contribution in [0.5, 0.6) is 0 Å². The van der Waals surface area contributed by atoms with Crippen LogP contribution < -0.4 is 28.4 Å². The Kier molecular flexibility index (Phi) is 13.1. The van der Waals surface area contributed by atoms with Crippen LogP contribution in [0.1, 0.15) is 51.7 Å². The Hall–Kier alpha value is -6.06. The molecule has 1 saturated heterocycles. The molecule has 8 N–H and O–H groups in total. The number of fused-ring (bicyclic) bond motifs is 2. The third-order valence-corrected chi connectivity index (χ3v) is 11.4. The van der Waals surface area contributed by atoms with E-state index in [-0.39, 0.29) is 36.6 Å². The number of hydrogen-bond acceptors (Lipinski definition) is 6. The number of nitrogens with zero attached hydrogens (tertiary/aromatic N) is 4. The summed E-state index contributed by atoms with van der Waals surface area (Å²) in [5, 5.41) is 1.95. The molecule has 2 aromatic heterocycles. The van der Waals surface area contributed by atoms with Crippen molar-refractivity contribution in [2.75, 3.05) is 11.5 Å². The van der Waals surface area contributed by atoms with Gasteiger partial charge >= 0.3 is 7.12 Å². The first-order valence-electron chi connectivity index (χ1n) is 18.7. The summed E-state index contributed by atoms with van der Waals surface area (Å²) < 4.78 is 16.9. The van der Waals surface area contributed by atoms with E-state index in [1.165, 1.54) is 0 Å². The topological polar surface area (TPSA) is 175 Å². The summed E-state index contributed by atoms with van der Waals surface area (Å²) in [6.45, 7) is 27.5. The molecule has 0 unspecified atom stereocenters. The molecule has 0 radical (unpaired) electrons. The largest absolute Gasteiger partial charge is 0.495 e. The minimum absolute atomic E-state index is 0.268. The first kappa shape index (κ1) is 43.1. The van der Waals surface area contributed by atoms with Gasteiger partial charge in [0.15, 0.2) is 11.4 Å². The standard InChI is InChI=1S/C19H18N4O.C13H20BNO2.C12H10BrN3O/c1-12-14(4-3-5-17(12)20)16-11-23(9-8-19(21)24)18-7-6-13(22-2)10-15(16)18;1-9-10(7-6-8-11(9)15)14-16-12(2,3)13(4,5)17-14;1-15-8-2-3-11-9(6-8)10(13)7-16(11)5-4-12(14)17/h3-7,10-11H,8-9,20H2,1H3,(H2,21,24);6-8H,15H2,1-5H3;2-3,6-7H,4-5H2,(H2,14,17). The number of nitrogens with two attached hydrogens (primary N) is 4. The molecule has 4 aromatic carbocycles. The molecule has 1 aliphatic rings. The number of nitrogen functional groups attached to an aromatic ring is 2. The number of benzene rings is 4. The van der Waals surface area contributed by atoms with E-state index in [0.717, 1.165) is 65.4 Å². The van der Waals surface area contributed by atoms with Crippen molar-refractivity contribution in [2.24, 2.45) is 11.5 Å². The van der Waals surface area contributed by atoms with Crippen LogP contribution in [-0.2, 0) is 32.0 Å². The molecule has 7 rings (SSSR count). The maximum Gasteiger partial charge on any atom is 0.495 e. The number of primary amides is 2. The Labute approximate surface area is 348 Å². The van der Waals surface area contributed by atoms with Gasteiger partial charge in [0, 0.05) is 76.2 Å². The van der Waals surface area contributed by atoms with Gasteiger partial charge < -0.3 is 41.4 Å². The van der Waals surface area contributed by atoms with E-state index < -0.39 is 0 Å². The summed E-state index contributed by atoms with van der Waals surface area (Å²) in [5.74, 6) is -0.655. The van der Waals surface area contributed by atoms with Gasteiger partial charge in [0.1, 0.15) is 0 Å². The van der Waals surface area contributed by atoms with Gasteiger partial charge in [-0.2, -0.15) is 0 Å². The first-order valence-corrected chi connectivity index (χ1v) is 19.5. The van der Waals surface area contributed by atoms with Gasteiger partial charge in [-0.1, -0.05) is 36.4 Å². The Morgan fingerprint density at radius 2 is 1.19 bits per heavy atom. The highest BCUT2D eigenvalue weighted by Crippen LogP contribution is 2.38. The highest BCUT2D eigenvalue weighted by molar-refractivity contribution is 9.10. The van der Waals surface area contributed by atoms with Gasteiger partial charge in [-0.15, -0.1) is 0 Å². The molecular weight excluding hydrogens is 795 g/mol. The molecule has 3 heterocycles. The van der Waals surface area contributed by atoms with Crippen LogP contribution >= 0.6 is 15.9 Å². The van der Waals surface area contributed by atoms with Crippen LogP contribution in [0.4, 0.5) is 22.7 Å². The molecule has 0 atom stereocenters. The first-order chi connectivity index (χ1) is 27.4. The quantitative estimate of drug-likeness (QED) is 0.0681. The molecule has 0 saturated carbocycles. The molecule has 298 valence electrons. The number of anilines is 2. The van der Waals surface area contributed by atoms with E-state index in [4.69, 9.17) is 45.4 Å². The summed E-state index contributed by atoms with van der Waals surface area (Å²) in [5.41, 5.74) is 31.5. The number of carbonyl (C=O) groups is 2. The van der Waals surface area contributed by atoms with Crippen molar-refractivity contribution in [3.05, 3.63) is 124 Å². The van der Waals surface area contributed by atoms with E-state index in [2.05, 4.69) is 53.3 Å². The second-order valence-electron chi connectivity index (χ2n) is 15.1. The molecule has 1 fully saturated rings. The smallest absolute Gasteiger partial charge is 0.399 e. The van der Waals surface area contributed by atoms with Crippen molar-refractivity contribution >= 4 is 84.9 Å². The second kappa shape index (κ2) is 17.6. The number of carbonyl (C=O) groups excluding carboxylic acids is 2. The van der Waals surface area contributed by atoms with Gasteiger partial charge in [0.05, 0.1) is 24.3 Å². The monoisotopic (exact) mass is 842 g/mol. The van der Waals surface area contributed by atoms with E-state index in [9.17, 15) is 9.59 Å². The third-order valence-electron chi connectivity index (χ3n) is 10.7. The Morgan fingerprint density at radius 3 is 1.72 bits per heavy atom. The van der Waals surface area contributed by atoms with Gasteiger partial charge in [-0.3, -0.25) is 9.59 Å². The summed E-state index contributed by atoms with van der Waals surface area (Å²) in [6.07, 6.45) is 4.48. The van der Waals surface area contributed by atoms with Crippen molar-refractivity contribution in [1.82, 2.24) is 9.13 Å². The fourth-order valence-corrected chi connectivity index (χ4v) is 7.12. The summed E-state index contributed by atoms with van der Waals surface area (Å²) in [4.78, 5) is 28.8. The van der Waals surface area contributed by atoms with Crippen molar-refractivity contribution in [3.8, 4) is 11.1 Å². The van der Waals surface area contributed by atoms with Crippen LogP contribution in [0, 0.1) is 27.0 Å². The third kappa shape index (κ3) is 9.38. The lowest BCUT2D eigenvalue weighted by molar-refractivity contribution is -0.119. The molecule has 0 bridgehead atoms. The highest BCUT2D eigenvalue weighted by atomic mass is 79.9. The highest BCUT2D eigenvalue weighted by Gasteiger charge is 2.52. The Balaban J connectivity index is 0.000000170. The lowest BCUT2D eigenvalue weighted by atomic mass is 9.76. The van der Waals surface area contributed by atoms with Crippen LogP contribution in [0.15, 0.2) is 89.7 Å². The van der Waals surface area contributed by atoms with Crippen molar-refractivity contribution < 1.29 is 18.9 Å². The predicted octanol–water partition coefficient (Wildman–Crippen LogP) is 8.33. The molecular formula is C44H48BBrN8O4. The van der Waals surface area contributed by atoms with Crippen molar-refractivity contribution in [1.29, 1.82) is 0 Å². The number of aryl methyl sites for hydroxylation is 2. The molecule has 2 amide bonds. The van der Waals surface area contributed by atoms with Gasteiger partial charge in [-0.05, 0) is 121 Å². The zero-order chi connectivity index (χ0) is 42.5. The lowest BCUT2D eigenvalue weighted by Gasteiger charge is -2.32. The maximum absolute atomic E-state index is 11.1. The number of hydrogen-bond donors (Lipinski definition) is 4. The average molecular weight is 844 g/mol. The zero-order valence-corrected chi connectivity index (χ0v) is 35.2. The zero-order valence-electron chi connectivity index (χ0n) is 33.6. The van der Waals surface area contributed by atoms with Crippen molar-refractivity contribution in [3.63, 3.8) is 0 Å². The van der Waals surface area contributed by atoms with Gasteiger partial charge in [-0.25, -0.2) is 9.69 Å². The fraction of sp³-hybridized carbons (Fsp3) is 0.273. The van der Waals surface area contributed by atoms with E-state index in [1.54, 1.807) is 12.1 Å². The lowest BCUT2D eigenvalue weighted by Crippen LogP contribution is -2.41. The van der Waals surface area contributed by atoms with Crippen LogP contribution in [0.25, 0.3) is 42.6 Å². The van der Waals surface area contributed by atoms with Crippen molar-refractivity contribution in [2.45, 2.75) is 78.7 Å². The average Bonchev–Trinajstić information content (AvgIpc) is 3.78. The number of amides is 2. The van der Waals surface area contributed by atoms with Gasteiger partial charge in [0.25, 0.3) is 0 Å². The normalized spacial score (nSPS) is 13.8. The van der Waals surface area contributed by atoms with Gasteiger partial charge in [0.2, 0.25) is 11.8 Å². The van der Waals surface area contributed by atoms with E-state index >= 15 is 0 Å². The number of rotatable bonds is 8. The summed E-state index contributed by atoms with van der Waals surface area (Å²) in [7, 11) is -0.330. The maximum atomic E-state index is 11.1. The van der Waals surface area contributed by atoms with Crippen LogP contribution in [-0.4, -0.2) is 39.3 Å². The van der Waals surface area contributed by atoms with Crippen LogP contribution in [0.2, 0.25) is 0 Å². The molecule has 14 heteroatoms. The number of halogens is 1. The minimum Gasteiger partial charge on any atom is -0.399 e. The Bertz CT molecular complexity index is 2580. The van der Waals surface area contributed by atoms with E-state index in [1.807, 2.05) is 96.0 Å². The molecule has 58 heavy (non-hydrogen) atoms. The number of aromatic nitrogens is 2. The van der Waals surface area contributed by atoms with E-state index in [0.29, 0.717) is 30.9 Å². The Morgan fingerprint density at radius 1 is 0.707 bits per heavy atom. The van der Waals surface area contributed by atoms with Crippen LogP contribution in [0.3, 0.4) is 0 Å². The summed E-state index contributed by atoms with van der Waals surface area (Å²) in [6, 6.07) is 22.7. The fourth-order valence-electron chi connectivity index (χ4n) is 6.55. The second-order valence-corrected chi connectivity index (χ2v) is 16.0. The molecule has 6 aromatic rings. The SMILES string of the molecule is Cc1c(N)cccc1B1OC(C)(C)C(C)(C)O1.[C-]#[N+]c1ccc2c(c1)c(-c1cccc(N)c1C)cn2CCC(N)=O.[C-]#[N+]c1ccc2c(c1)c(Br)cn2CCC(N)=O. The molecule has 1 aliphatic heterocycles. The molecule has 0 spiro atoms. The molecule has 0 aliphatic carbocycles. The summed E-state index contributed by atoms with van der Waals surface area (Å²) >= 11 is 3.45. The predicted molar refractivity (Wildman–Crippen MR) is 238 cm³/mol. The molecule has 12 nitrogen and oxygen atoms in total. The minimum atomic E-state index is -0.337.